The Bertz CT molecular complexity index is 582. The third-order valence-electron chi connectivity index (χ3n) is 3.30. The van der Waals surface area contributed by atoms with E-state index < -0.39 is 0 Å². The Kier molecular flexibility index (Phi) is 3.65. The van der Waals surface area contributed by atoms with Crippen LogP contribution in [0.4, 0.5) is 0 Å². The number of aromatic nitrogens is 2. The van der Waals surface area contributed by atoms with Crippen LogP contribution >= 0.6 is 0 Å². The molecule has 0 radical (unpaired) electrons. The maximum atomic E-state index is 10.5. The Morgan fingerprint density at radius 2 is 1.79 bits per heavy atom. The molecule has 0 saturated carbocycles. The maximum Gasteiger partial charge on any atom is 0.217 e. The van der Waals surface area contributed by atoms with E-state index in [9.17, 15) is 5.11 Å². The summed E-state index contributed by atoms with van der Waals surface area (Å²) in [4.78, 5) is 0. The molecule has 0 bridgehead atoms. The van der Waals surface area contributed by atoms with E-state index in [1.165, 1.54) is 0 Å². The second kappa shape index (κ2) is 5.08. The molecule has 1 aromatic carbocycles. The van der Waals surface area contributed by atoms with Crippen LogP contribution in [-0.2, 0) is 0 Å². The van der Waals surface area contributed by atoms with Crippen molar-refractivity contribution in [3.8, 4) is 11.6 Å². The maximum absolute atomic E-state index is 10.5. The molecule has 1 heterocycles. The van der Waals surface area contributed by atoms with Gasteiger partial charge in [-0.15, -0.1) is 0 Å². The minimum absolute atomic E-state index is 0.260. The minimum atomic E-state index is 0.260. The minimum Gasteiger partial charge on any atom is -0.493 e. The third kappa shape index (κ3) is 2.50. The van der Waals surface area contributed by atoms with Gasteiger partial charge in [0.25, 0.3) is 0 Å². The van der Waals surface area contributed by atoms with Gasteiger partial charge in [0, 0.05) is 5.56 Å². The van der Waals surface area contributed by atoms with Gasteiger partial charge in [0.1, 0.15) is 0 Å². The molecule has 0 spiro atoms. The highest BCUT2D eigenvalue weighted by atomic mass is 16.3. The van der Waals surface area contributed by atoms with Gasteiger partial charge in [-0.1, -0.05) is 39.8 Å². The van der Waals surface area contributed by atoms with Crippen LogP contribution in [0.3, 0.4) is 0 Å². The first-order valence-corrected chi connectivity index (χ1v) is 6.80. The van der Waals surface area contributed by atoms with Crippen molar-refractivity contribution in [2.75, 3.05) is 0 Å². The van der Waals surface area contributed by atoms with Crippen molar-refractivity contribution in [2.45, 2.75) is 46.5 Å². The lowest BCUT2D eigenvalue weighted by molar-refractivity contribution is 0.425. The molecule has 0 aliphatic carbocycles. The molecular formula is C16H22N2O. The van der Waals surface area contributed by atoms with Crippen LogP contribution < -0.4 is 0 Å². The summed E-state index contributed by atoms with van der Waals surface area (Å²) in [5, 5.41) is 15.1. The molecule has 0 aliphatic rings. The van der Waals surface area contributed by atoms with Crippen LogP contribution in [0, 0.1) is 6.92 Å². The van der Waals surface area contributed by atoms with Gasteiger partial charge in [0.05, 0.1) is 11.4 Å². The van der Waals surface area contributed by atoms with Gasteiger partial charge in [-0.05, 0) is 36.5 Å². The summed E-state index contributed by atoms with van der Waals surface area (Å²) in [5.41, 5.74) is 4.00. The molecule has 0 aliphatic heterocycles. The lowest BCUT2D eigenvalue weighted by Gasteiger charge is -2.08. The number of benzene rings is 1. The molecule has 0 unspecified atom stereocenters. The summed E-state index contributed by atoms with van der Waals surface area (Å²) in [5.74, 6) is 0.828. The smallest absolute Gasteiger partial charge is 0.217 e. The van der Waals surface area contributed by atoms with E-state index in [1.54, 1.807) is 4.68 Å². The molecule has 3 nitrogen and oxygen atoms in total. The molecule has 0 fully saturated rings. The van der Waals surface area contributed by atoms with Gasteiger partial charge in [0.2, 0.25) is 5.88 Å². The van der Waals surface area contributed by atoms with Gasteiger partial charge >= 0.3 is 0 Å². The van der Waals surface area contributed by atoms with Crippen molar-refractivity contribution < 1.29 is 5.11 Å². The highest BCUT2D eigenvalue weighted by Crippen LogP contribution is 2.34. The molecule has 0 atom stereocenters. The fourth-order valence-electron chi connectivity index (χ4n) is 2.36. The molecule has 1 aromatic heterocycles. The van der Waals surface area contributed by atoms with Crippen molar-refractivity contribution in [3.63, 3.8) is 0 Å². The topological polar surface area (TPSA) is 38.0 Å². The monoisotopic (exact) mass is 258 g/mol. The normalized spacial score (nSPS) is 11.5. The molecule has 0 saturated heterocycles. The molecular weight excluding hydrogens is 236 g/mol. The first-order valence-electron chi connectivity index (χ1n) is 6.80. The summed E-state index contributed by atoms with van der Waals surface area (Å²) in [6.07, 6.45) is 0. The van der Waals surface area contributed by atoms with Crippen molar-refractivity contribution >= 4 is 0 Å². The Labute approximate surface area is 114 Å². The van der Waals surface area contributed by atoms with Crippen molar-refractivity contribution in [2.24, 2.45) is 0 Å². The first-order chi connectivity index (χ1) is 8.91. The Balaban J connectivity index is 2.62. The number of aryl methyl sites for hydroxylation is 1. The molecule has 1 N–H and O–H groups in total. The highest BCUT2D eigenvalue weighted by molar-refractivity contribution is 5.44. The molecule has 19 heavy (non-hydrogen) atoms. The largest absolute Gasteiger partial charge is 0.493 e. The van der Waals surface area contributed by atoms with E-state index in [4.69, 9.17) is 0 Å². The zero-order chi connectivity index (χ0) is 14.2. The Morgan fingerprint density at radius 1 is 1.11 bits per heavy atom. The second-order valence-electron chi connectivity index (χ2n) is 5.68. The molecule has 102 valence electrons. The number of hydrogen-bond donors (Lipinski definition) is 1. The summed E-state index contributed by atoms with van der Waals surface area (Å²) in [6.45, 7) is 10.4. The van der Waals surface area contributed by atoms with Crippen LogP contribution in [0.15, 0.2) is 24.3 Å². The van der Waals surface area contributed by atoms with E-state index >= 15 is 0 Å². The highest BCUT2D eigenvalue weighted by Gasteiger charge is 2.22. The van der Waals surface area contributed by atoms with Gasteiger partial charge in [0.15, 0.2) is 0 Å². The van der Waals surface area contributed by atoms with Gasteiger partial charge in [-0.3, -0.25) is 0 Å². The van der Waals surface area contributed by atoms with Crippen LogP contribution in [-0.4, -0.2) is 14.9 Å². The summed E-state index contributed by atoms with van der Waals surface area (Å²) in [6, 6.07) is 8.02. The Hall–Kier alpha value is -1.77. The van der Waals surface area contributed by atoms with Crippen molar-refractivity contribution in [1.29, 1.82) is 0 Å². The second-order valence-corrected chi connectivity index (χ2v) is 5.68. The van der Waals surface area contributed by atoms with E-state index in [-0.39, 0.29) is 11.8 Å². The molecule has 0 amide bonds. The van der Waals surface area contributed by atoms with Crippen LogP contribution in [0.2, 0.25) is 0 Å². The van der Waals surface area contributed by atoms with E-state index in [0.717, 1.165) is 22.5 Å². The SMILES string of the molecule is Cc1cccc(-n2nc(C(C)C)c(C(C)C)c2O)c1. The first kappa shape index (κ1) is 13.7. The Morgan fingerprint density at radius 3 is 2.26 bits per heavy atom. The van der Waals surface area contributed by atoms with Crippen molar-refractivity contribution in [3.05, 3.63) is 41.1 Å². The lowest BCUT2D eigenvalue weighted by atomic mass is 9.97. The average molecular weight is 258 g/mol. The predicted octanol–water partition coefficient (Wildman–Crippen LogP) is 4.13. The average Bonchev–Trinajstić information content (AvgIpc) is 2.67. The predicted molar refractivity (Wildman–Crippen MR) is 78.1 cm³/mol. The number of hydrogen-bond acceptors (Lipinski definition) is 2. The fourth-order valence-corrected chi connectivity index (χ4v) is 2.36. The summed E-state index contributed by atoms with van der Waals surface area (Å²) >= 11 is 0. The van der Waals surface area contributed by atoms with E-state index in [2.05, 4.69) is 32.8 Å². The quantitative estimate of drug-likeness (QED) is 0.898. The van der Waals surface area contributed by atoms with Gasteiger partial charge in [-0.2, -0.15) is 5.10 Å². The van der Waals surface area contributed by atoms with Gasteiger partial charge in [-0.25, -0.2) is 4.68 Å². The summed E-state index contributed by atoms with van der Waals surface area (Å²) in [7, 11) is 0. The molecule has 2 rings (SSSR count). The summed E-state index contributed by atoms with van der Waals surface area (Å²) < 4.78 is 1.65. The van der Waals surface area contributed by atoms with Crippen LogP contribution in [0.5, 0.6) is 5.88 Å². The van der Waals surface area contributed by atoms with E-state index in [0.29, 0.717) is 5.92 Å². The van der Waals surface area contributed by atoms with E-state index in [1.807, 2.05) is 31.2 Å². The zero-order valence-corrected chi connectivity index (χ0v) is 12.3. The fraction of sp³-hybridized carbons (Fsp3) is 0.438. The number of nitrogens with zero attached hydrogens (tertiary/aromatic N) is 2. The zero-order valence-electron chi connectivity index (χ0n) is 12.3. The van der Waals surface area contributed by atoms with Crippen LogP contribution in [0.1, 0.15) is 56.4 Å². The number of aromatic hydroxyl groups is 1. The molecule has 3 heteroatoms. The van der Waals surface area contributed by atoms with Crippen molar-refractivity contribution in [1.82, 2.24) is 9.78 Å². The molecule has 2 aromatic rings. The number of rotatable bonds is 3. The lowest BCUT2D eigenvalue weighted by Crippen LogP contribution is -1.98. The van der Waals surface area contributed by atoms with Gasteiger partial charge < -0.3 is 5.11 Å². The van der Waals surface area contributed by atoms with Crippen LogP contribution in [0.25, 0.3) is 5.69 Å². The third-order valence-corrected chi connectivity index (χ3v) is 3.30. The standard InChI is InChI=1S/C16H22N2O/c1-10(2)14-15(11(3)4)17-18(16(14)19)13-8-6-7-12(5)9-13/h6-11,19H,1-5H3.